The van der Waals surface area contributed by atoms with Crippen LogP contribution in [0.25, 0.3) is 11.6 Å². The third-order valence-electron chi connectivity index (χ3n) is 2.36. The molecule has 0 heteroatoms. The van der Waals surface area contributed by atoms with Gasteiger partial charge in [-0.1, -0.05) is 56.8 Å². The first-order valence-electron chi connectivity index (χ1n) is 5.24. The van der Waals surface area contributed by atoms with Gasteiger partial charge in [0.05, 0.1) is 0 Å². The van der Waals surface area contributed by atoms with Gasteiger partial charge in [-0.25, -0.2) is 0 Å². The van der Waals surface area contributed by atoms with E-state index in [4.69, 9.17) is 0 Å². The maximum absolute atomic E-state index is 3.84. The Morgan fingerprint density at radius 2 is 2.00 bits per heavy atom. The molecule has 0 spiro atoms. The highest BCUT2D eigenvalue weighted by molar-refractivity contribution is 5.73. The molecule has 0 aliphatic rings. The molecule has 0 heterocycles. The Kier molecular flexibility index (Phi) is 4.18. The molecule has 0 aromatic heterocycles. The summed E-state index contributed by atoms with van der Waals surface area (Å²) in [7, 11) is 0. The molecule has 0 N–H and O–H groups in total. The van der Waals surface area contributed by atoms with E-state index in [0.29, 0.717) is 0 Å². The van der Waals surface area contributed by atoms with Gasteiger partial charge in [-0.3, -0.25) is 0 Å². The third-order valence-corrected chi connectivity index (χ3v) is 2.36. The molecule has 0 radical (unpaired) electrons. The van der Waals surface area contributed by atoms with Crippen molar-refractivity contribution in [2.75, 3.05) is 0 Å². The second-order valence-electron chi connectivity index (χ2n) is 3.28. The van der Waals surface area contributed by atoms with E-state index < -0.39 is 0 Å². The van der Waals surface area contributed by atoms with E-state index in [1.54, 1.807) is 0 Å². The second kappa shape index (κ2) is 5.43. The molecular weight excluding hydrogens is 168 g/mol. The van der Waals surface area contributed by atoms with Crippen molar-refractivity contribution >= 4 is 11.6 Å². The summed E-state index contributed by atoms with van der Waals surface area (Å²) >= 11 is 0. The van der Waals surface area contributed by atoms with Crippen molar-refractivity contribution in [3.05, 3.63) is 48.0 Å². The van der Waals surface area contributed by atoms with Crippen molar-refractivity contribution in [1.29, 1.82) is 0 Å². The monoisotopic (exact) mass is 186 g/mol. The smallest absolute Gasteiger partial charge is 0.0155 e. The van der Waals surface area contributed by atoms with Crippen molar-refractivity contribution in [3.8, 4) is 0 Å². The van der Waals surface area contributed by atoms with Gasteiger partial charge < -0.3 is 0 Å². The first-order chi connectivity index (χ1) is 6.83. The highest BCUT2D eigenvalue weighted by atomic mass is 14.1. The van der Waals surface area contributed by atoms with Gasteiger partial charge in [-0.2, -0.15) is 0 Å². The molecule has 0 unspecified atom stereocenters. The fraction of sp³-hybridized carbons (Fsp3) is 0.286. The van der Waals surface area contributed by atoms with Gasteiger partial charge in [0.2, 0.25) is 0 Å². The van der Waals surface area contributed by atoms with Crippen LogP contribution in [0.15, 0.2) is 36.9 Å². The fourth-order valence-corrected chi connectivity index (χ4v) is 1.66. The van der Waals surface area contributed by atoms with Crippen LogP contribution in [0, 0.1) is 0 Å². The summed E-state index contributed by atoms with van der Waals surface area (Å²) in [5.74, 6) is 0. The highest BCUT2D eigenvalue weighted by Gasteiger charge is 2.01. The minimum Gasteiger partial charge on any atom is -0.0984 e. The van der Waals surface area contributed by atoms with Crippen LogP contribution in [-0.2, 0) is 0 Å². The molecular formula is C14H18. The van der Waals surface area contributed by atoms with E-state index in [-0.39, 0.29) is 0 Å². The fourth-order valence-electron chi connectivity index (χ4n) is 1.66. The van der Waals surface area contributed by atoms with Crippen molar-refractivity contribution in [3.63, 3.8) is 0 Å². The molecule has 0 aliphatic carbocycles. The topological polar surface area (TPSA) is 0 Å². The molecule has 0 fully saturated rings. The van der Waals surface area contributed by atoms with Gasteiger partial charge in [0.15, 0.2) is 0 Å². The minimum absolute atomic E-state index is 1.08. The zero-order valence-electron chi connectivity index (χ0n) is 9.09. The summed E-state index contributed by atoms with van der Waals surface area (Å²) in [4.78, 5) is 0. The number of allylic oxidation sites excluding steroid dienone is 2. The summed E-state index contributed by atoms with van der Waals surface area (Å²) in [5.41, 5.74) is 3.98. The summed E-state index contributed by atoms with van der Waals surface area (Å²) in [5, 5.41) is 0. The van der Waals surface area contributed by atoms with Crippen LogP contribution in [0.3, 0.4) is 0 Å². The highest BCUT2D eigenvalue weighted by Crippen LogP contribution is 2.23. The molecule has 0 saturated heterocycles. The van der Waals surface area contributed by atoms with Crippen LogP contribution < -0.4 is 0 Å². The maximum atomic E-state index is 3.84. The number of rotatable bonds is 4. The quantitative estimate of drug-likeness (QED) is 0.648. The summed E-state index contributed by atoms with van der Waals surface area (Å²) < 4.78 is 0. The molecule has 74 valence electrons. The van der Waals surface area contributed by atoms with Crippen molar-refractivity contribution in [2.24, 2.45) is 0 Å². The zero-order valence-corrected chi connectivity index (χ0v) is 9.09. The van der Waals surface area contributed by atoms with Crippen LogP contribution in [0.4, 0.5) is 0 Å². The van der Waals surface area contributed by atoms with E-state index in [0.717, 1.165) is 12.8 Å². The van der Waals surface area contributed by atoms with Crippen LogP contribution in [-0.4, -0.2) is 0 Å². The van der Waals surface area contributed by atoms with Gasteiger partial charge in [-0.15, -0.1) is 0 Å². The normalized spacial score (nSPS) is 11.4. The van der Waals surface area contributed by atoms with Gasteiger partial charge in [0.25, 0.3) is 0 Å². The zero-order chi connectivity index (χ0) is 10.4. The van der Waals surface area contributed by atoms with E-state index in [9.17, 15) is 0 Å². The van der Waals surface area contributed by atoms with Gasteiger partial charge >= 0.3 is 0 Å². The predicted octanol–water partition coefficient (Wildman–Crippen LogP) is 4.53. The molecule has 0 nitrogen and oxygen atoms in total. The minimum atomic E-state index is 1.08. The molecule has 0 aliphatic heterocycles. The van der Waals surface area contributed by atoms with E-state index in [1.165, 1.54) is 16.7 Å². The third kappa shape index (κ3) is 2.35. The Morgan fingerprint density at radius 1 is 1.29 bits per heavy atom. The summed E-state index contributed by atoms with van der Waals surface area (Å²) in [6.45, 7) is 8.21. The summed E-state index contributed by atoms with van der Waals surface area (Å²) in [6.07, 6.45) is 6.39. The van der Waals surface area contributed by atoms with Crippen LogP contribution in [0.2, 0.25) is 0 Å². The predicted molar refractivity (Wildman–Crippen MR) is 65.1 cm³/mol. The second-order valence-corrected chi connectivity index (χ2v) is 3.28. The first kappa shape index (κ1) is 10.8. The van der Waals surface area contributed by atoms with Crippen molar-refractivity contribution in [1.82, 2.24) is 0 Å². The van der Waals surface area contributed by atoms with Crippen molar-refractivity contribution in [2.45, 2.75) is 26.7 Å². The Hall–Kier alpha value is -1.30. The molecule has 0 amide bonds. The SMILES string of the molecule is C=Cc1ccccc1/C(=C/CC)CC. The number of hydrogen-bond donors (Lipinski definition) is 0. The summed E-state index contributed by atoms with van der Waals surface area (Å²) in [6, 6.07) is 8.42. The van der Waals surface area contributed by atoms with Gasteiger partial charge in [0.1, 0.15) is 0 Å². The van der Waals surface area contributed by atoms with Crippen LogP contribution >= 0.6 is 0 Å². The lowest BCUT2D eigenvalue weighted by Crippen LogP contribution is -1.87. The molecule has 0 saturated carbocycles. The Bertz CT molecular complexity index is 332. The molecule has 0 atom stereocenters. The lowest BCUT2D eigenvalue weighted by molar-refractivity contribution is 1.17. The van der Waals surface area contributed by atoms with Gasteiger partial charge in [-0.05, 0) is 29.5 Å². The van der Waals surface area contributed by atoms with Crippen molar-refractivity contribution < 1.29 is 0 Å². The largest absolute Gasteiger partial charge is 0.0984 e. The average Bonchev–Trinajstić information content (AvgIpc) is 2.26. The average molecular weight is 186 g/mol. The van der Waals surface area contributed by atoms with Gasteiger partial charge in [0, 0.05) is 0 Å². The first-order valence-corrected chi connectivity index (χ1v) is 5.24. The Labute approximate surface area is 87.0 Å². The van der Waals surface area contributed by atoms with E-state index in [1.807, 2.05) is 6.08 Å². The van der Waals surface area contributed by atoms with Crippen LogP contribution in [0.5, 0.6) is 0 Å². The van der Waals surface area contributed by atoms with E-state index >= 15 is 0 Å². The number of hydrogen-bond acceptors (Lipinski definition) is 0. The Morgan fingerprint density at radius 3 is 2.57 bits per heavy atom. The van der Waals surface area contributed by atoms with Crippen LogP contribution in [0.1, 0.15) is 37.8 Å². The molecule has 0 bridgehead atoms. The Balaban J connectivity index is 3.15. The molecule has 1 aromatic rings. The lowest BCUT2D eigenvalue weighted by atomic mass is 9.97. The molecule has 1 rings (SSSR count). The molecule has 14 heavy (non-hydrogen) atoms. The maximum Gasteiger partial charge on any atom is -0.0155 e. The standard InChI is InChI=1S/C14H18/c1-4-9-12(5-2)14-11-8-7-10-13(14)6-3/h6-11H,3-5H2,1-2H3/b12-9+. The molecule has 1 aromatic carbocycles. The lowest BCUT2D eigenvalue weighted by Gasteiger charge is -2.08. The number of benzene rings is 1. The van der Waals surface area contributed by atoms with E-state index in [2.05, 4.69) is 50.8 Å².